The van der Waals surface area contributed by atoms with E-state index in [2.05, 4.69) is 17.5 Å². The van der Waals surface area contributed by atoms with E-state index < -0.39 is 6.10 Å². The summed E-state index contributed by atoms with van der Waals surface area (Å²) in [6.07, 6.45) is 3.70. The lowest BCUT2D eigenvalue weighted by atomic mass is 10.1. The van der Waals surface area contributed by atoms with Crippen LogP contribution in [-0.2, 0) is 4.79 Å². The molecule has 4 aromatic carbocycles. The highest BCUT2D eigenvalue weighted by Crippen LogP contribution is 2.25. The maximum Gasteiger partial charge on any atom is 0.280 e. The van der Waals surface area contributed by atoms with Gasteiger partial charge >= 0.3 is 0 Å². The van der Waals surface area contributed by atoms with Gasteiger partial charge in [0.15, 0.2) is 6.10 Å². The lowest BCUT2D eigenvalue weighted by molar-refractivity contribution is -0.127. The number of nitrogens with one attached hydrogen (secondary N) is 1. The van der Waals surface area contributed by atoms with Gasteiger partial charge < -0.3 is 9.47 Å². The highest BCUT2D eigenvalue weighted by atomic mass is 16.5. The molecule has 1 N–H and O–H groups in total. The fourth-order valence-electron chi connectivity index (χ4n) is 4.10. The molecule has 0 aliphatic carbocycles. The summed E-state index contributed by atoms with van der Waals surface area (Å²) in [6.45, 7) is 4.44. The number of nitrogens with zero attached hydrogens (tertiary/aromatic N) is 3. The first-order chi connectivity index (χ1) is 19.1. The first kappa shape index (κ1) is 25.7. The van der Waals surface area contributed by atoms with E-state index in [1.54, 1.807) is 17.8 Å². The quantitative estimate of drug-likeness (QED) is 0.171. The molecule has 0 spiro atoms. The number of fused-ring (bicyclic) bond motifs is 1. The van der Waals surface area contributed by atoms with Gasteiger partial charge in [0.1, 0.15) is 17.2 Å². The molecule has 0 aliphatic rings. The molecule has 5 rings (SSSR count). The molecular weight excluding hydrogens is 488 g/mol. The van der Waals surface area contributed by atoms with Crippen molar-refractivity contribution in [2.45, 2.75) is 26.4 Å². The third kappa shape index (κ3) is 6.33. The minimum Gasteiger partial charge on any atom is -0.494 e. The van der Waals surface area contributed by atoms with Crippen molar-refractivity contribution in [2.24, 2.45) is 5.10 Å². The standard InChI is InChI=1S/C32H30N4O3/c1-3-19-38-29-16-14-25(15-17-29)31-27(22-36(35-31)28-11-5-4-6-12-28)21-33-34-32(37)23(2)39-30-18-13-24-9-7-8-10-26(24)20-30/h4-18,20-23H,3,19H2,1-2H3,(H,34,37)/b33-21-/t23-/m1/s1. The molecule has 1 aromatic heterocycles. The Morgan fingerprint density at radius 3 is 2.44 bits per heavy atom. The Kier molecular flexibility index (Phi) is 7.98. The second-order valence-electron chi connectivity index (χ2n) is 9.09. The van der Waals surface area contributed by atoms with Gasteiger partial charge in [0.05, 0.1) is 18.5 Å². The third-order valence-corrected chi connectivity index (χ3v) is 6.15. The first-order valence-electron chi connectivity index (χ1n) is 13.0. The molecule has 0 fully saturated rings. The summed E-state index contributed by atoms with van der Waals surface area (Å²) in [5.74, 6) is 1.08. The zero-order valence-electron chi connectivity index (χ0n) is 22.0. The number of amides is 1. The van der Waals surface area contributed by atoms with Gasteiger partial charge in [0.2, 0.25) is 0 Å². The molecule has 1 atom stereocenters. The number of ether oxygens (including phenoxy) is 2. The van der Waals surface area contributed by atoms with Gasteiger partial charge in [-0.25, -0.2) is 10.1 Å². The molecule has 0 saturated carbocycles. The van der Waals surface area contributed by atoms with Gasteiger partial charge in [0, 0.05) is 17.3 Å². The molecule has 0 bridgehead atoms. The topological polar surface area (TPSA) is 77.7 Å². The van der Waals surface area contributed by atoms with Gasteiger partial charge in [-0.05, 0) is 72.6 Å². The predicted octanol–water partition coefficient (Wildman–Crippen LogP) is 6.40. The van der Waals surface area contributed by atoms with E-state index in [1.165, 1.54) is 0 Å². The number of benzene rings is 4. The fourth-order valence-corrected chi connectivity index (χ4v) is 4.10. The first-order valence-corrected chi connectivity index (χ1v) is 13.0. The third-order valence-electron chi connectivity index (χ3n) is 6.15. The summed E-state index contributed by atoms with van der Waals surface area (Å²) in [4.78, 5) is 12.7. The largest absolute Gasteiger partial charge is 0.494 e. The second-order valence-corrected chi connectivity index (χ2v) is 9.09. The van der Waals surface area contributed by atoms with Crippen molar-refractivity contribution in [3.8, 4) is 28.4 Å². The summed E-state index contributed by atoms with van der Waals surface area (Å²) in [5, 5.41) is 11.2. The number of hydrogen-bond acceptors (Lipinski definition) is 5. The minimum atomic E-state index is -0.731. The highest BCUT2D eigenvalue weighted by molar-refractivity contribution is 5.90. The molecule has 39 heavy (non-hydrogen) atoms. The Bertz CT molecular complexity index is 1580. The predicted molar refractivity (Wildman–Crippen MR) is 155 cm³/mol. The molecule has 196 valence electrons. The van der Waals surface area contributed by atoms with Crippen LogP contribution < -0.4 is 14.9 Å². The molecule has 0 aliphatic heterocycles. The Morgan fingerprint density at radius 1 is 0.949 bits per heavy atom. The number of carbonyl (C=O) groups is 1. The van der Waals surface area contributed by atoms with Crippen LogP contribution in [0.4, 0.5) is 0 Å². The van der Waals surface area contributed by atoms with Crippen molar-refractivity contribution in [2.75, 3.05) is 6.61 Å². The van der Waals surface area contributed by atoms with Crippen LogP contribution in [0.15, 0.2) is 108 Å². The molecule has 0 saturated heterocycles. The summed E-state index contributed by atoms with van der Waals surface area (Å²) in [5.41, 5.74) is 5.92. The van der Waals surface area contributed by atoms with Crippen LogP contribution in [0.5, 0.6) is 11.5 Å². The van der Waals surface area contributed by atoms with Crippen molar-refractivity contribution in [3.63, 3.8) is 0 Å². The van der Waals surface area contributed by atoms with E-state index in [0.29, 0.717) is 12.4 Å². The molecule has 7 heteroatoms. The minimum absolute atomic E-state index is 0.353. The molecular formula is C32H30N4O3. The van der Waals surface area contributed by atoms with Gasteiger partial charge in [0.25, 0.3) is 5.91 Å². The number of aromatic nitrogens is 2. The normalized spacial score (nSPS) is 11.9. The Balaban J connectivity index is 1.31. The van der Waals surface area contributed by atoms with Crippen molar-refractivity contribution in [1.29, 1.82) is 0 Å². The monoisotopic (exact) mass is 518 g/mol. The fraction of sp³-hybridized carbons (Fsp3) is 0.156. The van der Waals surface area contributed by atoms with Crippen molar-refractivity contribution in [1.82, 2.24) is 15.2 Å². The van der Waals surface area contributed by atoms with Crippen LogP contribution in [0.3, 0.4) is 0 Å². The maximum atomic E-state index is 12.7. The van der Waals surface area contributed by atoms with Crippen LogP contribution in [0.2, 0.25) is 0 Å². The van der Waals surface area contributed by atoms with Crippen molar-refractivity contribution >= 4 is 22.9 Å². The number of para-hydroxylation sites is 1. The number of carbonyl (C=O) groups excluding carboxylic acids is 1. The second kappa shape index (κ2) is 12.1. The van der Waals surface area contributed by atoms with Crippen molar-refractivity contribution < 1.29 is 14.3 Å². The summed E-state index contributed by atoms with van der Waals surface area (Å²) in [6, 6.07) is 31.4. The van der Waals surface area contributed by atoms with E-state index in [0.717, 1.165) is 45.5 Å². The summed E-state index contributed by atoms with van der Waals surface area (Å²) in [7, 11) is 0. The number of rotatable bonds is 10. The van der Waals surface area contributed by atoms with Gasteiger partial charge in [-0.3, -0.25) is 4.79 Å². The average molecular weight is 519 g/mol. The number of hydrogen-bond donors (Lipinski definition) is 1. The van der Waals surface area contributed by atoms with E-state index in [9.17, 15) is 4.79 Å². The molecule has 1 amide bonds. The Hall–Kier alpha value is -4.91. The van der Waals surface area contributed by atoms with Crippen LogP contribution in [0, 0.1) is 0 Å². The smallest absolute Gasteiger partial charge is 0.280 e. The zero-order chi connectivity index (χ0) is 27.0. The maximum absolute atomic E-state index is 12.7. The molecule has 5 aromatic rings. The van der Waals surface area contributed by atoms with E-state index >= 15 is 0 Å². The molecule has 0 radical (unpaired) electrons. The zero-order valence-corrected chi connectivity index (χ0v) is 22.0. The lowest BCUT2D eigenvalue weighted by Gasteiger charge is -2.13. The van der Waals surface area contributed by atoms with Crippen molar-refractivity contribution in [3.05, 3.63) is 109 Å². The Labute approximate surface area is 227 Å². The van der Waals surface area contributed by atoms with Gasteiger partial charge in [-0.15, -0.1) is 0 Å². The van der Waals surface area contributed by atoms with Crippen LogP contribution in [-0.4, -0.2) is 34.6 Å². The molecule has 1 heterocycles. The molecule has 7 nitrogen and oxygen atoms in total. The summed E-state index contributed by atoms with van der Waals surface area (Å²) >= 11 is 0. The van der Waals surface area contributed by atoms with Crippen LogP contribution >= 0.6 is 0 Å². The average Bonchev–Trinajstić information content (AvgIpc) is 3.41. The van der Waals surface area contributed by atoms with E-state index in [1.807, 2.05) is 103 Å². The van der Waals surface area contributed by atoms with Gasteiger partial charge in [-0.2, -0.15) is 10.2 Å². The van der Waals surface area contributed by atoms with Crippen LogP contribution in [0.25, 0.3) is 27.7 Å². The molecule has 0 unspecified atom stereocenters. The van der Waals surface area contributed by atoms with E-state index in [-0.39, 0.29) is 5.91 Å². The lowest BCUT2D eigenvalue weighted by Crippen LogP contribution is -2.33. The summed E-state index contributed by atoms with van der Waals surface area (Å²) < 4.78 is 13.4. The number of hydrazone groups is 1. The Morgan fingerprint density at radius 2 is 1.67 bits per heavy atom. The SMILES string of the molecule is CCCOc1ccc(-c2nn(-c3ccccc3)cc2/C=N\NC(=O)[C@@H](C)Oc2ccc3ccccc3c2)cc1. The highest BCUT2D eigenvalue weighted by Gasteiger charge is 2.15. The van der Waals surface area contributed by atoms with Crippen LogP contribution in [0.1, 0.15) is 25.8 Å². The van der Waals surface area contributed by atoms with Gasteiger partial charge in [-0.1, -0.05) is 55.5 Å². The van der Waals surface area contributed by atoms with E-state index in [4.69, 9.17) is 14.6 Å².